The molecule has 6 heteroatoms. The van der Waals surface area contributed by atoms with Crippen molar-refractivity contribution < 1.29 is 9.47 Å². The Bertz CT molecular complexity index is 833. The van der Waals surface area contributed by atoms with Gasteiger partial charge in [-0.1, -0.05) is 41.5 Å². The van der Waals surface area contributed by atoms with E-state index in [9.17, 15) is 0 Å². The van der Waals surface area contributed by atoms with Gasteiger partial charge in [0.05, 0.1) is 12.7 Å². The molecule has 0 bridgehead atoms. The largest absolute Gasteiger partial charge is 0.473 e. The third-order valence-electron chi connectivity index (χ3n) is 7.94. The van der Waals surface area contributed by atoms with E-state index in [2.05, 4.69) is 109 Å². The van der Waals surface area contributed by atoms with Crippen molar-refractivity contribution in [2.45, 2.75) is 137 Å². The molecule has 0 unspecified atom stereocenters. The molecule has 1 atom stereocenters. The number of hydrogen-bond acceptors (Lipinski definition) is 6. The minimum absolute atomic E-state index is 0.0225. The Hall–Kier alpha value is -1.21. The summed E-state index contributed by atoms with van der Waals surface area (Å²) in [7, 11) is 0. The highest BCUT2D eigenvalue weighted by molar-refractivity contribution is 5.26. The van der Waals surface area contributed by atoms with E-state index in [-0.39, 0.29) is 22.6 Å². The van der Waals surface area contributed by atoms with Crippen molar-refractivity contribution in [3.63, 3.8) is 0 Å². The third kappa shape index (κ3) is 14.3. The molecule has 0 aliphatic carbocycles. The number of pyridine rings is 1. The van der Waals surface area contributed by atoms with E-state index in [1.165, 1.54) is 31.6 Å². The van der Waals surface area contributed by atoms with E-state index in [0.717, 1.165) is 45.4 Å². The SMILES string of the molecule is C[C@H](CNC(C)(C)CCC(C)(C)NCCOC1CCN(CCC(C)(C)C)CC1)Oc1cc(C(C)(C)C)ccn1. The van der Waals surface area contributed by atoms with Crippen molar-refractivity contribution in [2.75, 3.05) is 39.3 Å². The molecule has 1 aromatic rings. The summed E-state index contributed by atoms with van der Waals surface area (Å²) in [6, 6.07) is 4.13. The molecule has 2 heterocycles. The summed E-state index contributed by atoms with van der Waals surface area (Å²) in [5, 5.41) is 7.45. The van der Waals surface area contributed by atoms with Gasteiger partial charge in [0.25, 0.3) is 0 Å². The van der Waals surface area contributed by atoms with Crippen molar-refractivity contribution in [2.24, 2.45) is 5.41 Å². The topological polar surface area (TPSA) is 58.7 Å². The van der Waals surface area contributed by atoms with Gasteiger partial charge in [0.2, 0.25) is 5.88 Å². The summed E-state index contributed by atoms with van der Waals surface area (Å²) in [5.41, 5.74) is 1.83. The molecule has 1 saturated heterocycles. The smallest absolute Gasteiger partial charge is 0.213 e. The first kappa shape index (κ1) is 34.0. The quantitative estimate of drug-likeness (QED) is 0.242. The van der Waals surface area contributed by atoms with E-state index in [0.29, 0.717) is 17.4 Å². The maximum absolute atomic E-state index is 6.24. The van der Waals surface area contributed by atoms with Crippen molar-refractivity contribution in [3.05, 3.63) is 23.9 Å². The molecule has 0 spiro atoms. The Morgan fingerprint density at radius 2 is 1.54 bits per heavy atom. The molecule has 0 radical (unpaired) electrons. The zero-order chi connectivity index (χ0) is 29.3. The van der Waals surface area contributed by atoms with Crippen molar-refractivity contribution >= 4 is 0 Å². The van der Waals surface area contributed by atoms with Crippen molar-refractivity contribution in [3.8, 4) is 5.88 Å². The summed E-state index contributed by atoms with van der Waals surface area (Å²) < 4.78 is 12.4. The second kappa shape index (κ2) is 14.6. The first-order chi connectivity index (χ1) is 17.9. The Labute approximate surface area is 241 Å². The van der Waals surface area contributed by atoms with Gasteiger partial charge >= 0.3 is 0 Å². The molecular formula is C33H62N4O2. The van der Waals surface area contributed by atoms with Crippen LogP contribution in [0, 0.1) is 5.41 Å². The van der Waals surface area contributed by atoms with Crippen LogP contribution >= 0.6 is 0 Å². The number of piperidine rings is 1. The Kier molecular flexibility index (Phi) is 12.7. The minimum atomic E-state index is 0.0225. The standard InChI is InChI=1S/C33H62N4O2/c1-26(39-29-24-27(12-18-34-29)31(5,6)7)25-36-33(10,11)16-15-32(8,9)35-19-23-38-28-13-20-37(21-14-28)22-17-30(2,3)4/h12,18,24,26,28,35-36H,13-17,19-23,25H2,1-11H3/t26-/m1/s1. The fourth-order valence-corrected chi connectivity index (χ4v) is 4.82. The van der Waals surface area contributed by atoms with E-state index in [1.54, 1.807) is 0 Å². The predicted molar refractivity (Wildman–Crippen MR) is 166 cm³/mol. The second-order valence-corrected chi connectivity index (χ2v) is 15.4. The Balaban J connectivity index is 1.62. The van der Waals surface area contributed by atoms with Gasteiger partial charge in [-0.3, -0.25) is 0 Å². The Morgan fingerprint density at radius 1 is 0.923 bits per heavy atom. The monoisotopic (exact) mass is 546 g/mol. The summed E-state index contributed by atoms with van der Waals surface area (Å²) in [5.74, 6) is 0.702. The molecule has 2 N–H and O–H groups in total. The van der Waals surface area contributed by atoms with Crippen molar-refractivity contribution in [1.29, 1.82) is 0 Å². The fraction of sp³-hybridized carbons (Fsp3) is 0.848. The molecule has 39 heavy (non-hydrogen) atoms. The lowest BCUT2D eigenvalue weighted by molar-refractivity contribution is 0.00553. The Morgan fingerprint density at radius 3 is 2.13 bits per heavy atom. The van der Waals surface area contributed by atoms with Crippen LogP contribution in [0.25, 0.3) is 0 Å². The first-order valence-electron chi connectivity index (χ1n) is 15.4. The average Bonchev–Trinajstić information content (AvgIpc) is 2.83. The molecule has 1 aliphatic heterocycles. The van der Waals surface area contributed by atoms with E-state index >= 15 is 0 Å². The van der Waals surface area contributed by atoms with Crippen LogP contribution in [0.5, 0.6) is 5.88 Å². The zero-order valence-corrected chi connectivity index (χ0v) is 27.4. The van der Waals surface area contributed by atoms with Crippen LogP contribution in [-0.4, -0.2) is 72.5 Å². The zero-order valence-electron chi connectivity index (χ0n) is 27.4. The first-order valence-corrected chi connectivity index (χ1v) is 15.4. The molecule has 6 nitrogen and oxygen atoms in total. The van der Waals surface area contributed by atoms with Crippen LogP contribution in [0.2, 0.25) is 0 Å². The lowest BCUT2D eigenvalue weighted by Crippen LogP contribution is -2.47. The molecule has 0 saturated carbocycles. The molecule has 0 amide bonds. The fourth-order valence-electron chi connectivity index (χ4n) is 4.82. The van der Waals surface area contributed by atoms with Crippen LogP contribution in [0.3, 0.4) is 0 Å². The molecule has 1 aromatic heterocycles. The van der Waals surface area contributed by atoms with Gasteiger partial charge in [-0.15, -0.1) is 0 Å². The predicted octanol–water partition coefficient (Wildman–Crippen LogP) is 6.58. The van der Waals surface area contributed by atoms with Gasteiger partial charge in [-0.25, -0.2) is 4.98 Å². The molecule has 226 valence electrons. The summed E-state index contributed by atoms with van der Waals surface area (Å²) >= 11 is 0. The van der Waals surface area contributed by atoms with Crippen LogP contribution in [-0.2, 0) is 10.2 Å². The molecule has 1 fully saturated rings. The van der Waals surface area contributed by atoms with Gasteiger partial charge in [0.15, 0.2) is 0 Å². The van der Waals surface area contributed by atoms with Gasteiger partial charge in [0, 0.05) is 49.5 Å². The number of likely N-dealkylation sites (tertiary alicyclic amines) is 1. The number of rotatable bonds is 15. The normalized spacial score (nSPS) is 17.4. The summed E-state index contributed by atoms with van der Waals surface area (Å²) in [4.78, 5) is 7.03. The highest BCUT2D eigenvalue weighted by Crippen LogP contribution is 2.25. The van der Waals surface area contributed by atoms with Crippen LogP contribution in [0.15, 0.2) is 18.3 Å². The summed E-state index contributed by atoms with van der Waals surface area (Å²) in [6.45, 7) is 30.9. The van der Waals surface area contributed by atoms with Crippen LogP contribution in [0.1, 0.15) is 114 Å². The van der Waals surface area contributed by atoms with Gasteiger partial charge in [-0.2, -0.15) is 0 Å². The molecule has 0 aromatic carbocycles. The number of aromatic nitrogens is 1. The minimum Gasteiger partial charge on any atom is -0.473 e. The number of hydrogen-bond donors (Lipinski definition) is 2. The third-order valence-corrected chi connectivity index (χ3v) is 7.94. The number of nitrogens with zero attached hydrogens (tertiary/aromatic N) is 2. The highest BCUT2D eigenvalue weighted by atomic mass is 16.5. The highest BCUT2D eigenvalue weighted by Gasteiger charge is 2.25. The van der Waals surface area contributed by atoms with E-state index in [1.807, 2.05) is 6.20 Å². The van der Waals surface area contributed by atoms with E-state index < -0.39 is 0 Å². The number of ether oxygens (including phenoxy) is 2. The molecule has 2 rings (SSSR count). The second-order valence-electron chi connectivity index (χ2n) is 15.4. The van der Waals surface area contributed by atoms with Crippen LogP contribution < -0.4 is 15.4 Å². The number of nitrogens with one attached hydrogen (secondary N) is 2. The van der Waals surface area contributed by atoms with Gasteiger partial charge in [-0.05, 0) is 95.7 Å². The maximum Gasteiger partial charge on any atom is 0.213 e. The lowest BCUT2D eigenvalue weighted by atomic mass is 9.88. The van der Waals surface area contributed by atoms with Crippen LogP contribution in [0.4, 0.5) is 0 Å². The average molecular weight is 547 g/mol. The molecule has 1 aliphatic rings. The summed E-state index contributed by atoms with van der Waals surface area (Å²) in [6.07, 6.45) is 8.05. The van der Waals surface area contributed by atoms with Crippen molar-refractivity contribution in [1.82, 2.24) is 20.5 Å². The van der Waals surface area contributed by atoms with Gasteiger partial charge < -0.3 is 25.0 Å². The maximum atomic E-state index is 6.24. The molecular weight excluding hydrogens is 484 g/mol. The lowest BCUT2D eigenvalue weighted by Gasteiger charge is -2.35. The van der Waals surface area contributed by atoms with E-state index in [4.69, 9.17) is 9.47 Å². The van der Waals surface area contributed by atoms with Gasteiger partial charge in [0.1, 0.15) is 6.10 Å².